The first-order valence-electron chi connectivity index (χ1n) is 4.52. The standard InChI is InChI=1S/C9H16O5/c1-9(2)13-5-6(14-9)4-7(10)8(11)12-3/h6-7,10H,4-5H2,1-3H3. The molecule has 1 aliphatic heterocycles. The second-order valence-electron chi connectivity index (χ2n) is 3.73. The molecule has 2 atom stereocenters. The molecule has 1 heterocycles. The SMILES string of the molecule is COC(=O)C(O)CC1COC(C)(C)O1. The number of carbonyl (C=O) groups excluding carboxylic acids is 1. The smallest absolute Gasteiger partial charge is 0.334 e. The maximum Gasteiger partial charge on any atom is 0.334 e. The van der Waals surface area contributed by atoms with E-state index in [9.17, 15) is 9.90 Å². The first-order chi connectivity index (χ1) is 6.44. The van der Waals surface area contributed by atoms with Crippen LogP contribution < -0.4 is 0 Å². The van der Waals surface area contributed by atoms with Gasteiger partial charge in [0.2, 0.25) is 0 Å². The maximum atomic E-state index is 10.9. The van der Waals surface area contributed by atoms with Crippen LogP contribution in [0, 0.1) is 0 Å². The van der Waals surface area contributed by atoms with Crippen molar-refractivity contribution < 1.29 is 24.1 Å². The quantitative estimate of drug-likeness (QED) is 0.659. The Kier molecular flexibility index (Phi) is 3.47. The fourth-order valence-corrected chi connectivity index (χ4v) is 1.36. The van der Waals surface area contributed by atoms with Gasteiger partial charge in [0.25, 0.3) is 0 Å². The zero-order valence-electron chi connectivity index (χ0n) is 8.65. The molecule has 5 nitrogen and oxygen atoms in total. The van der Waals surface area contributed by atoms with E-state index in [4.69, 9.17) is 9.47 Å². The van der Waals surface area contributed by atoms with Gasteiger partial charge in [-0.25, -0.2) is 4.79 Å². The molecule has 1 rings (SSSR count). The van der Waals surface area contributed by atoms with Gasteiger partial charge in [-0.3, -0.25) is 0 Å². The van der Waals surface area contributed by atoms with E-state index < -0.39 is 17.9 Å². The van der Waals surface area contributed by atoms with Crippen molar-refractivity contribution in [1.29, 1.82) is 0 Å². The lowest BCUT2D eigenvalue weighted by molar-refractivity contribution is -0.157. The zero-order valence-corrected chi connectivity index (χ0v) is 8.65. The molecule has 1 aliphatic rings. The highest BCUT2D eigenvalue weighted by molar-refractivity contribution is 5.74. The lowest BCUT2D eigenvalue weighted by Gasteiger charge is -2.17. The molecule has 82 valence electrons. The third kappa shape index (κ3) is 2.94. The number of carbonyl (C=O) groups is 1. The molecule has 1 N–H and O–H groups in total. The highest BCUT2D eigenvalue weighted by atomic mass is 16.7. The summed E-state index contributed by atoms with van der Waals surface area (Å²) in [6.07, 6.45) is -1.18. The maximum absolute atomic E-state index is 10.9. The van der Waals surface area contributed by atoms with Gasteiger partial charge >= 0.3 is 5.97 Å². The topological polar surface area (TPSA) is 65.0 Å². The minimum Gasteiger partial charge on any atom is -0.467 e. The first kappa shape index (κ1) is 11.4. The van der Waals surface area contributed by atoms with Gasteiger partial charge in [-0.15, -0.1) is 0 Å². The van der Waals surface area contributed by atoms with Gasteiger partial charge in [0.1, 0.15) is 0 Å². The van der Waals surface area contributed by atoms with Gasteiger partial charge in [0, 0.05) is 6.42 Å². The second-order valence-corrected chi connectivity index (χ2v) is 3.73. The molecule has 0 aromatic rings. The lowest BCUT2D eigenvalue weighted by atomic mass is 10.2. The van der Waals surface area contributed by atoms with Gasteiger partial charge in [-0.2, -0.15) is 0 Å². The number of esters is 1. The summed E-state index contributed by atoms with van der Waals surface area (Å²) in [7, 11) is 1.24. The number of rotatable bonds is 3. The van der Waals surface area contributed by atoms with Crippen LogP contribution in [0.25, 0.3) is 0 Å². The fraction of sp³-hybridized carbons (Fsp3) is 0.889. The van der Waals surface area contributed by atoms with Gasteiger partial charge in [-0.05, 0) is 13.8 Å². The molecular weight excluding hydrogens is 188 g/mol. The minimum absolute atomic E-state index is 0.204. The largest absolute Gasteiger partial charge is 0.467 e. The Hall–Kier alpha value is -0.650. The van der Waals surface area contributed by atoms with Crippen LogP contribution in [0.3, 0.4) is 0 Å². The van der Waals surface area contributed by atoms with Gasteiger partial charge < -0.3 is 19.3 Å². The van der Waals surface area contributed by atoms with E-state index >= 15 is 0 Å². The van der Waals surface area contributed by atoms with E-state index in [2.05, 4.69) is 4.74 Å². The summed E-state index contributed by atoms with van der Waals surface area (Å²) in [5.41, 5.74) is 0. The number of methoxy groups -OCH3 is 1. The molecule has 0 spiro atoms. The van der Waals surface area contributed by atoms with E-state index in [1.807, 2.05) is 0 Å². The van der Waals surface area contributed by atoms with Crippen LogP contribution in [-0.4, -0.2) is 42.8 Å². The first-order valence-corrected chi connectivity index (χ1v) is 4.52. The Morgan fingerprint density at radius 2 is 2.36 bits per heavy atom. The predicted octanol–water partition coefficient (Wildman–Crippen LogP) is 0.0619. The summed E-state index contributed by atoms with van der Waals surface area (Å²) >= 11 is 0. The summed E-state index contributed by atoms with van der Waals surface area (Å²) < 4.78 is 15.1. The van der Waals surface area contributed by atoms with E-state index in [-0.39, 0.29) is 12.5 Å². The molecule has 0 amide bonds. The Labute approximate surface area is 82.9 Å². The van der Waals surface area contributed by atoms with Crippen molar-refractivity contribution in [2.75, 3.05) is 13.7 Å². The second kappa shape index (κ2) is 4.25. The molecule has 1 saturated heterocycles. The molecular formula is C9H16O5. The monoisotopic (exact) mass is 204 g/mol. The van der Waals surface area contributed by atoms with Crippen LogP contribution in [0.1, 0.15) is 20.3 Å². The van der Waals surface area contributed by atoms with Gasteiger partial charge in [0.05, 0.1) is 19.8 Å². The number of aliphatic hydroxyl groups excluding tert-OH is 1. The molecule has 0 aromatic heterocycles. The average Bonchev–Trinajstić information content (AvgIpc) is 2.44. The van der Waals surface area contributed by atoms with Crippen molar-refractivity contribution in [1.82, 2.24) is 0 Å². The van der Waals surface area contributed by atoms with E-state index in [0.29, 0.717) is 6.61 Å². The Balaban J connectivity index is 2.36. The Bertz CT molecular complexity index is 213. The average molecular weight is 204 g/mol. The minimum atomic E-state index is -1.14. The summed E-state index contributed by atoms with van der Waals surface area (Å²) in [5, 5.41) is 9.34. The van der Waals surface area contributed by atoms with E-state index in [1.165, 1.54) is 7.11 Å². The van der Waals surface area contributed by atoms with Crippen molar-refractivity contribution in [2.45, 2.75) is 38.3 Å². The number of hydrogen-bond acceptors (Lipinski definition) is 5. The molecule has 1 fully saturated rings. The van der Waals surface area contributed by atoms with E-state index in [1.54, 1.807) is 13.8 Å². The highest BCUT2D eigenvalue weighted by Gasteiger charge is 2.35. The van der Waals surface area contributed by atoms with Crippen molar-refractivity contribution in [3.63, 3.8) is 0 Å². The molecule has 0 radical (unpaired) electrons. The lowest BCUT2D eigenvalue weighted by Crippen LogP contribution is -2.29. The Morgan fingerprint density at radius 1 is 1.71 bits per heavy atom. The molecule has 0 aromatic carbocycles. The van der Waals surface area contributed by atoms with Crippen molar-refractivity contribution in [3.8, 4) is 0 Å². The molecule has 5 heteroatoms. The number of ether oxygens (including phenoxy) is 3. The molecule has 0 saturated carbocycles. The van der Waals surface area contributed by atoms with Crippen LogP contribution in [0.2, 0.25) is 0 Å². The van der Waals surface area contributed by atoms with Crippen LogP contribution in [0.4, 0.5) is 0 Å². The summed E-state index contributed by atoms with van der Waals surface area (Å²) in [4.78, 5) is 10.9. The van der Waals surface area contributed by atoms with Crippen molar-refractivity contribution in [3.05, 3.63) is 0 Å². The fourth-order valence-electron chi connectivity index (χ4n) is 1.36. The van der Waals surface area contributed by atoms with Gasteiger partial charge in [-0.1, -0.05) is 0 Å². The third-order valence-corrected chi connectivity index (χ3v) is 2.03. The highest BCUT2D eigenvalue weighted by Crippen LogP contribution is 2.24. The zero-order chi connectivity index (χ0) is 10.8. The number of hydrogen-bond donors (Lipinski definition) is 1. The van der Waals surface area contributed by atoms with E-state index in [0.717, 1.165) is 0 Å². The third-order valence-electron chi connectivity index (χ3n) is 2.03. The molecule has 0 bridgehead atoms. The van der Waals surface area contributed by atoms with Crippen LogP contribution in [0.15, 0.2) is 0 Å². The normalized spacial score (nSPS) is 27.3. The Morgan fingerprint density at radius 3 is 2.79 bits per heavy atom. The summed E-state index contributed by atoms with van der Waals surface area (Å²) in [6.45, 7) is 3.97. The summed E-state index contributed by atoms with van der Waals surface area (Å²) in [6, 6.07) is 0. The van der Waals surface area contributed by atoms with Crippen molar-refractivity contribution >= 4 is 5.97 Å². The molecule has 0 aliphatic carbocycles. The molecule has 14 heavy (non-hydrogen) atoms. The van der Waals surface area contributed by atoms with Crippen molar-refractivity contribution in [2.24, 2.45) is 0 Å². The van der Waals surface area contributed by atoms with Crippen LogP contribution in [-0.2, 0) is 19.0 Å². The molecule has 2 unspecified atom stereocenters. The number of aliphatic hydroxyl groups is 1. The predicted molar refractivity (Wildman–Crippen MR) is 47.5 cm³/mol. The van der Waals surface area contributed by atoms with Crippen LogP contribution in [0.5, 0.6) is 0 Å². The summed E-state index contributed by atoms with van der Waals surface area (Å²) in [5.74, 6) is -1.26. The van der Waals surface area contributed by atoms with Crippen LogP contribution >= 0.6 is 0 Å². The van der Waals surface area contributed by atoms with Gasteiger partial charge in [0.15, 0.2) is 11.9 Å².